The van der Waals surface area contributed by atoms with E-state index in [1.807, 2.05) is 6.07 Å². The standard InChI is InChI=1S/C17H20BrN/c1-3-6-14-9-11-15(12-10-14)19-13(2)16-7-4-5-8-17(16)18/h4-5,7-13,19H,3,6H2,1-2H3. The van der Waals surface area contributed by atoms with Crippen LogP contribution >= 0.6 is 15.9 Å². The monoisotopic (exact) mass is 317 g/mol. The molecule has 0 aromatic heterocycles. The van der Waals surface area contributed by atoms with Gasteiger partial charge in [-0.15, -0.1) is 0 Å². The molecule has 100 valence electrons. The predicted octanol–water partition coefficient (Wildman–Crippen LogP) is 5.57. The summed E-state index contributed by atoms with van der Waals surface area (Å²) < 4.78 is 1.15. The molecular weight excluding hydrogens is 298 g/mol. The van der Waals surface area contributed by atoms with Gasteiger partial charge < -0.3 is 5.32 Å². The lowest BCUT2D eigenvalue weighted by atomic mass is 10.1. The van der Waals surface area contributed by atoms with E-state index in [0.717, 1.165) is 10.9 Å². The molecule has 1 N–H and O–H groups in total. The first-order valence-electron chi connectivity index (χ1n) is 6.80. The first kappa shape index (κ1) is 14.1. The molecule has 2 aromatic rings. The Kier molecular flexibility index (Phi) is 5.03. The van der Waals surface area contributed by atoms with E-state index in [4.69, 9.17) is 0 Å². The van der Waals surface area contributed by atoms with Crippen LogP contribution in [0.3, 0.4) is 0 Å². The number of aryl methyl sites for hydroxylation is 1. The summed E-state index contributed by atoms with van der Waals surface area (Å²) in [6.45, 7) is 4.39. The molecule has 0 aliphatic rings. The highest BCUT2D eigenvalue weighted by molar-refractivity contribution is 9.10. The first-order chi connectivity index (χ1) is 9.20. The van der Waals surface area contributed by atoms with Gasteiger partial charge in [0.1, 0.15) is 0 Å². The zero-order chi connectivity index (χ0) is 13.7. The van der Waals surface area contributed by atoms with E-state index in [-0.39, 0.29) is 6.04 Å². The molecular formula is C17H20BrN. The Labute approximate surface area is 124 Å². The molecule has 2 rings (SSSR count). The maximum absolute atomic E-state index is 3.60. The zero-order valence-corrected chi connectivity index (χ0v) is 13.1. The van der Waals surface area contributed by atoms with Gasteiger partial charge in [0.25, 0.3) is 0 Å². The summed E-state index contributed by atoms with van der Waals surface area (Å²) in [6.07, 6.45) is 2.35. The van der Waals surface area contributed by atoms with Crippen molar-refractivity contribution in [3.63, 3.8) is 0 Å². The van der Waals surface area contributed by atoms with Gasteiger partial charge in [-0.2, -0.15) is 0 Å². The van der Waals surface area contributed by atoms with E-state index in [1.165, 1.54) is 23.2 Å². The third kappa shape index (κ3) is 3.84. The van der Waals surface area contributed by atoms with Crippen molar-refractivity contribution < 1.29 is 0 Å². The normalized spacial score (nSPS) is 12.2. The van der Waals surface area contributed by atoms with E-state index in [1.54, 1.807) is 0 Å². The second kappa shape index (κ2) is 6.76. The van der Waals surface area contributed by atoms with Crippen LogP contribution in [0.1, 0.15) is 37.4 Å². The van der Waals surface area contributed by atoms with Gasteiger partial charge in [-0.25, -0.2) is 0 Å². The van der Waals surface area contributed by atoms with Crippen LogP contribution in [0.4, 0.5) is 5.69 Å². The molecule has 19 heavy (non-hydrogen) atoms. The second-order valence-electron chi connectivity index (χ2n) is 4.83. The summed E-state index contributed by atoms with van der Waals surface area (Å²) in [5.41, 5.74) is 3.85. The van der Waals surface area contributed by atoms with E-state index in [2.05, 4.69) is 77.6 Å². The minimum atomic E-state index is 0.285. The topological polar surface area (TPSA) is 12.0 Å². The Morgan fingerprint density at radius 3 is 2.37 bits per heavy atom. The van der Waals surface area contributed by atoms with Gasteiger partial charge in [-0.1, -0.05) is 59.6 Å². The predicted molar refractivity (Wildman–Crippen MR) is 86.6 cm³/mol. The number of hydrogen-bond donors (Lipinski definition) is 1. The fourth-order valence-electron chi connectivity index (χ4n) is 2.21. The number of anilines is 1. The van der Waals surface area contributed by atoms with E-state index < -0.39 is 0 Å². The molecule has 0 aliphatic carbocycles. The van der Waals surface area contributed by atoms with Crippen LogP contribution in [0.15, 0.2) is 53.0 Å². The molecule has 1 atom stereocenters. The molecule has 2 heteroatoms. The Balaban J connectivity index is 2.06. The van der Waals surface area contributed by atoms with Crippen LogP contribution in [0.25, 0.3) is 0 Å². The van der Waals surface area contributed by atoms with Gasteiger partial charge in [0.2, 0.25) is 0 Å². The minimum absolute atomic E-state index is 0.285. The van der Waals surface area contributed by atoms with E-state index >= 15 is 0 Å². The highest BCUT2D eigenvalue weighted by Crippen LogP contribution is 2.26. The zero-order valence-electron chi connectivity index (χ0n) is 11.5. The smallest absolute Gasteiger partial charge is 0.0496 e. The molecule has 0 saturated heterocycles. The Morgan fingerprint density at radius 2 is 1.74 bits per heavy atom. The Bertz CT molecular complexity index is 519. The fraction of sp³-hybridized carbons (Fsp3) is 0.294. The first-order valence-corrected chi connectivity index (χ1v) is 7.60. The lowest BCUT2D eigenvalue weighted by Gasteiger charge is -2.17. The minimum Gasteiger partial charge on any atom is -0.378 e. The molecule has 1 nitrogen and oxygen atoms in total. The Hall–Kier alpha value is -1.28. The quantitative estimate of drug-likeness (QED) is 0.759. The largest absolute Gasteiger partial charge is 0.378 e. The molecule has 0 spiro atoms. The summed E-state index contributed by atoms with van der Waals surface area (Å²) in [7, 11) is 0. The van der Waals surface area contributed by atoms with Gasteiger partial charge in [-0.05, 0) is 42.7 Å². The lowest BCUT2D eigenvalue weighted by molar-refractivity contribution is 0.877. The van der Waals surface area contributed by atoms with Crippen LogP contribution in [0.5, 0.6) is 0 Å². The second-order valence-corrected chi connectivity index (χ2v) is 5.69. The van der Waals surface area contributed by atoms with E-state index in [0.29, 0.717) is 0 Å². The summed E-state index contributed by atoms with van der Waals surface area (Å²) >= 11 is 3.60. The molecule has 0 fully saturated rings. The SMILES string of the molecule is CCCc1ccc(NC(C)c2ccccc2Br)cc1. The van der Waals surface area contributed by atoms with Gasteiger partial charge in [-0.3, -0.25) is 0 Å². The number of benzene rings is 2. The van der Waals surface area contributed by atoms with Gasteiger partial charge in [0.15, 0.2) is 0 Å². The highest BCUT2D eigenvalue weighted by Gasteiger charge is 2.08. The van der Waals surface area contributed by atoms with Crippen molar-refractivity contribution >= 4 is 21.6 Å². The number of halogens is 1. The van der Waals surface area contributed by atoms with Crippen molar-refractivity contribution in [2.75, 3.05) is 5.32 Å². The molecule has 1 unspecified atom stereocenters. The van der Waals surface area contributed by atoms with Crippen LogP contribution in [0, 0.1) is 0 Å². The number of rotatable bonds is 5. The van der Waals surface area contributed by atoms with Crippen molar-refractivity contribution in [2.45, 2.75) is 32.7 Å². The van der Waals surface area contributed by atoms with E-state index in [9.17, 15) is 0 Å². The number of nitrogens with one attached hydrogen (secondary N) is 1. The van der Waals surface area contributed by atoms with Crippen LogP contribution < -0.4 is 5.32 Å². The lowest BCUT2D eigenvalue weighted by Crippen LogP contribution is -2.07. The average Bonchev–Trinajstić information content (AvgIpc) is 2.42. The highest BCUT2D eigenvalue weighted by atomic mass is 79.9. The molecule has 2 aromatic carbocycles. The fourth-order valence-corrected chi connectivity index (χ4v) is 2.84. The molecule has 0 heterocycles. The molecule has 0 amide bonds. The van der Waals surface area contributed by atoms with Gasteiger partial charge in [0.05, 0.1) is 0 Å². The van der Waals surface area contributed by atoms with Crippen molar-refractivity contribution in [2.24, 2.45) is 0 Å². The van der Waals surface area contributed by atoms with Crippen molar-refractivity contribution in [3.8, 4) is 0 Å². The maximum atomic E-state index is 3.60. The van der Waals surface area contributed by atoms with Crippen molar-refractivity contribution in [3.05, 3.63) is 64.1 Å². The molecule has 0 bridgehead atoms. The molecule has 0 radical (unpaired) electrons. The molecule has 0 aliphatic heterocycles. The van der Waals surface area contributed by atoms with Crippen LogP contribution in [-0.4, -0.2) is 0 Å². The Morgan fingerprint density at radius 1 is 1.05 bits per heavy atom. The summed E-state index contributed by atoms with van der Waals surface area (Å²) in [5.74, 6) is 0. The average molecular weight is 318 g/mol. The summed E-state index contributed by atoms with van der Waals surface area (Å²) in [4.78, 5) is 0. The van der Waals surface area contributed by atoms with Crippen LogP contribution in [0.2, 0.25) is 0 Å². The maximum Gasteiger partial charge on any atom is 0.0496 e. The third-order valence-corrected chi connectivity index (χ3v) is 3.97. The summed E-state index contributed by atoms with van der Waals surface area (Å²) in [6, 6.07) is 17.4. The molecule has 0 saturated carbocycles. The number of hydrogen-bond acceptors (Lipinski definition) is 1. The van der Waals surface area contributed by atoms with Crippen LogP contribution in [-0.2, 0) is 6.42 Å². The van der Waals surface area contributed by atoms with Crippen molar-refractivity contribution in [1.82, 2.24) is 0 Å². The summed E-state index contributed by atoms with van der Waals surface area (Å²) in [5, 5.41) is 3.54. The van der Waals surface area contributed by atoms with Gasteiger partial charge in [0, 0.05) is 16.2 Å². The van der Waals surface area contributed by atoms with Gasteiger partial charge >= 0.3 is 0 Å². The third-order valence-electron chi connectivity index (χ3n) is 3.25. The van der Waals surface area contributed by atoms with Crippen molar-refractivity contribution in [1.29, 1.82) is 0 Å².